The van der Waals surface area contributed by atoms with E-state index in [2.05, 4.69) is 15.9 Å². The number of sulfone groups is 1. The van der Waals surface area contributed by atoms with E-state index in [9.17, 15) is 8.42 Å². The molecule has 1 aromatic carbocycles. The molecule has 0 saturated carbocycles. The van der Waals surface area contributed by atoms with Gasteiger partial charge in [0, 0.05) is 4.47 Å². The molecular formula is C12H17BrO2S. The maximum absolute atomic E-state index is 12.0. The number of hydrogen-bond acceptors (Lipinski definition) is 2. The Labute approximate surface area is 106 Å². The normalized spacial score (nSPS) is 12.8. The summed E-state index contributed by atoms with van der Waals surface area (Å²) >= 11 is 3.29. The van der Waals surface area contributed by atoms with Gasteiger partial charge in [-0.2, -0.15) is 0 Å². The van der Waals surface area contributed by atoms with Gasteiger partial charge in [0.1, 0.15) is 0 Å². The second-order valence-corrected chi connectivity index (χ2v) is 8.11. The Bertz CT molecular complexity index is 441. The molecule has 0 aliphatic rings. The highest BCUT2D eigenvalue weighted by Gasteiger charge is 2.19. The first kappa shape index (κ1) is 13.7. The maximum Gasteiger partial charge on any atom is 0.178 e. The van der Waals surface area contributed by atoms with Crippen LogP contribution in [0.4, 0.5) is 0 Å². The molecule has 0 atom stereocenters. The van der Waals surface area contributed by atoms with Crippen molar-refractivity contribution >= 4 is 25.8 Å². The maximum atomic E-state index is 12.0. The van der Waals surface area contributed by atoms with Crippen molar-refractivity contribution < 1.29 is 8.42 Å². The quantitative estimate of drug-likeness (QED) is 0.854. The molecule has 0 N–H and O–H groups in total. The van der Waals surface area contributed by atoms with Crippen molar-refractivity contribution in [3.63, 3.8) is 0 Å². The van der Waals surface area contributed by atoms with Crippen LogP contribution in [0.25, 0.3) is 0 Å². The molecule has 1 rings (SSSR count). The van der Waals surface area contributed by atoms with E-state index in [0.29, 0.717) is 11.3 Å². The van der Waals surface area contributed by atoms with Crippen molar-refractivity contribution in [2.24, 2.45) is 5.41 Å². The van der Waals surface area contributed by atoms with Crippen molar-refractivity contribution in [3.05, 3.63) is 28.7 Å². The number of halogens is 1. The third kappa shape index (κ3) is 4.26. The largest absolute Gasteiger partial charge is 0.224 e. The Morgan fingerprint density at radius 3 is 2.06 bits per heavy atom. The third-order valence-electron chi connectivity index (χ3n) is 2.29. The van der Waals surface area contributed by atoms with Crippen LogP contribution >= 0.6 is 15.9 Å². The number of hydrogen-bond donors (Lipinski definition) is 0. The summed E-state index contributed by atoms with van der Waals surface area (Å²) in [7, 11) is -3.13. The molecule has 0 bridgehead atoms. The van der Waals surface area contributed by atoms with E-state index in [1.807, 2.05) is 20.8 Å². The molecule has 0 radical (unpaired) electrons. The fourth-order valence-corrected chi connectivity index (χ4v) is 3.13. The highest BCUT2D eigenvalue weighted by atomic mass is 79.9. The van der Waals surface area contributed by atoms with E-state index in [1.165, 1.54) is 0 Å². The summed E-state index contributed by atoms with van der Waals surface area (Å²) in [6, 6.07) is 6.79. The summed E-state index contributed by atoms with van der Waals surface area (Å²) in [5.41, 5.74) is 0.0441. The molecular weight excluding hydrogens is 288 g/mol. The molecule has 90 valence electrons. The molecule has 0 aliphatic heterocycles. The zero-order chi connectivity index (χ0) is 12.4. The minimum Gasteiger partial charge on any atom is -0.224 e. The summed E-state index contributed by atoms with van der Waals surface area (Å²) in [5, 5.41) is 0. The van der Waals surface area contributed by atoms with Crippen LogP contribution in [-0.2, 0) is 9.84 Å². The highest BCUT2D eigenvalue weighted by Crippen LogP contribution is 2.23. The Kier molecular flexibility index (Phi) is 4.18. The molecule has 0 fully saturated rings. The third-order valence-corrected chi connectivity index (χ3v) is 4.55. The summed E-state index contributed by atoms with van der Waals surface area (Å²) < 4.78 is 24.8. The van der Waals surface area contributed by atoms with Crippen molar-refractivity contribution in [3.8, 4) is 0 Å². The molecule has 1 aromatic rings. The van der Waals surface area contributed by atoms with Gasteiger partial charge in [-0.3, -0.25) is 0 Å². The zero-order valence-electron chi connectivity index (χ0n) is 9.83. The molecule has 0 saturated heterocycles. The van der Waals surface area contributed by atoms with Gasteiger partial charge < -0.3 is 0 Å². The predicted octanol–water partition coefficient (Wildman–Crippen LogP) is 3.66. The molecule has 0 heterocycles. The predicted molar refractivity (Wildman–Crippen MR) is 70.3 cm³/mol. The van der Waals surface area contributed by atoms with Crippen LogP contribution in [-0.4, -0.2) is 14.2 Å². The average Bonchev–Trinajstić information content (AvgIpc) is 2.15. The Hall–Kier alpha value is -0.350. The molecule has 0 aromatic heterocycles. The van der Waals surface area contributed by atoms with E-state index in [1.54, 1.807) is 24.3 Å². The van der Waals surface area contributed by atoms with Crippen LogP contribution in [0.3, 0.4) is 0 Å². The molecule has 4 heteroatoms. The van der Waals surface area contributed by atoms with Crippen LogP contribution in [0.5, 0.6) is 0 Å². The lowest BCUT2D eigenvalue weighted by molar-refractivity contribution is 0.397. The van der Waals surface area contributed by atoms with Crippen LogP contribution in [0.1, 0.15) is 27.2 Å². The van der Waals surface area contributed by atoms with E-state index in [0.717, 1.165) is 4.47 Å². The lowest BCUT2D eigenvalue weighted by atomic mass is 9.94. The van der Waals surface area contributed by atoms with E-state index in [-0.39, 0.29) is 11.2 Å². The minimum atomic E-state index is -3.13. The fourth-order valence-electron chi connectivity index (χ4n) is 1.20. The van der Waals surface area contributed by atoms with Gasteiger partial charge in [-0.1, -0.05) is 36.7 Å². The smallest absolute Gasteiger partial charge is 0.178 e. The average molecular weight is 305 g/mol. The number of rotatable bonds is 3. The molecule has 2 nitrogen and oxygen atoms in total. The first-order valence-corrected chi connectivity index (χ1v) is 7.64. The first-order valence-electron chi connectivity index (χ1n) is 5.19. The van der Waals surface area contributed by atoms with Crippen LogP contribution < -0.4 is 0 Å². The van der Waals surface area contributed by atoms with Gasteiger partial charge in [-0.05, 0) is 36.1 Å². The zero-order valence-corrected chi connectivity index (χ0v) is 12.2. The second kappa shape index (κ2) is 4.88. The van der Waals surface area contributed by atoms with Gasteiger partial charge in [0.05, 0.1) is 10.6 Å². The SMILES string of the molecule is CC(C)(C)CCS(=O)(=O)c1ccc(Br)cc1. The van der Waals surface area contributed by atoms with Gasteiger partial charge in [0.15, 0.2) is 9.84 Å². The van der Waals surface area contributed by atoms with Crippen molar-refractivity contribution in [1.29, 1.82) is 0 Å². The molecule has 16 heavy (non-hydrogen) atoms. The van der Waals surface area contributed by atoms with Gasteiger partial charge in [0.25, 0.3) is 0 Å². The summed E-state index contributed by atoms with van der Waals surface area (Å²) in [6.45, 7) is 6.14. The monoisotopic (exact) mass is 304 g/mol. The molecule has 0 spiro atoms. The van der Waals surface area contributed by atoms with Crippen molar-refractivity contribution in [2.45, 2.75) is 32.1 Å². The second-order valence-electron chi connectivity index (χ2n) is 5.08. The van der Waals surface area contributed by atoms with Gasteiger partial charge in [-0.15, -0.1) is 0 Å². The van der Waals surface area contributed by atoms with Crippen molar-refractivity contribution in [1.82, 2.24) is 0 Å². The Morgan fingerprint density at radius 2 is 1.62 bits per heavy atom. The minimum absolute atomic E-state index is 0.0441. The van der Waals surface area contributed by atoms with Gasteiger partial charge in [0.2, 0.25) is 0 Å². The van der Waals surface area contributed by atoms with Crippen LogP contribution in [0.15, 0.2) is 33.6 Å². The summed E-state index contributed by atoms with van der Waals surface area (Å²) in [4.78, 5) is 0.403. The summed E-state index contributed by atoms with van der Waals surface area (Å²) in [6.07, 6.45) is 0.672. The van der Waals surface area contributed by atoms with Crippen LogP contribution in [0, 0.1) is 5.41 Å². The Morgan fingerprint density at radius 1 is 1.12 bits per heavy atom. The lowest BCUT2D eigenvalue weighted by Gasteiger charge is -2.17. The van der Waals surface area contributed by atoms with E-state index >= 15 is 0 Å². The van der Waals surface area contributed by atoms with Crippen molar-refractivity contribution in [2.75, 3.05) is 5.75 Å². The molecule has 0 unspecified atom stereocenters. The molecule has 0 amide bonds. The molecule has 0 aliphatic carbocycles. The lowest BCUT2D eigenvalue weighted by Crippen LogP contribution is -2.14. The first-order chi connectivity index (χ1) is 7.21. The Balaban J connectivity index is 2.83. The number of benzene rings is 1. The summed E-state index contributed by atoms with van der Waals surface area (Å²) in [5.74, 6) is 0.206. The van der Waals surface area contributed by atoms with Crippen LogP contribution in [0.2, 0.25) is 0 Å². The topological polar surface area (TPSA) is 34.1 Å². The van der Waals surface area contributed by atoms with E-state index < -0.39 is 9.84 Å². The highest BCUT2D eigenvalue weighted by molar-refractivity contribution is 9.10. The van der Waals surface area contributed by atoms with Gasteiger partial charge in [-0.25, -0.2) is 8.42 Å². The van der Waals surface area contributed by atoms with E-state index in [4.69, 9.17) is 0 Å². The van der Waals surface area contributed by atoms with Gasteiger partial charge >= 0.3 is 0 Å². The standard InChI is InChI=1S/C12H17BrO2S/c1-12(2,3)8-9-16(14,15)11-6-4-10(13)5-7-11/h4-7H,8-9H2,1-3H3. The fraction of sp³-hybridized carbons (Fsp3) is 0.500.